The van der Waals surface area contributed by atoms with Crippen LogP contribution in [0.15, 0.2) is 60.7 Å². The van der Waals surface area contributed by atoms with Crippen LogP contribution in [0.25, 0.3) is 10.8 Å². The molecule has 0 unspecified atom stereocenters. The number of nitrogens with zero attached hydrogens (tertiary/aromatic N) is 1. The normalized spacial score (nSPS) is 10.8. The first-order chi connectivity index (χ1) is 9.66. The Morgan fingerprint density at radius 1 is 0.700 bits per heavy atom. The van der Waals surface area contributed by atoms with Crippen LogP contribution in [0.3, 0.4) is 0 Å². The Labute approximate surface area is 120 Å². The lowest BCUT2D eigenvalue weighted by atomic mass is 10.0. The zero-order chi connectivity index (χ0) is 14.1. The average molecular weight is 261 g/mol. The van der Waals surface area contributed by atoms with Crippen molar-refractivity contribution in [3.05, 3.63) is 71.8 Å². The molecular formula is C19H19N. The zero-order valence-electron chi connectivity index (χ0n) is 12.2. The highest BCUT2D eigenvalue weighted by atomic mass is 15.1. The Bertz CT molecular complexity index is 741. The lowest BCUT2D eigenvalue weighted by Crippen LogP contribution is -2.09. The number of fused-ring (bicyclic) bond motifs is 1. The van der Waals surface area contributed by atoms with Gasteiger partial charge in [0.1, 0.15) is 0 Å². The van der Waals surface area contributed by atoms with Crippen molar-refractivity contribution in [1.82, 2.24) is 0 Å². The van der Waals surface area contributed by atoms with Gasteiger partial charge in [-0.1, -0.05) is 48.0 Å². The molecule has 3 aromatic carbocycles. The second-order valence-electron chi connectivity index (χ2n) is 5.34. The van der Waals surface area contributed by atoms with E-state index in [4.69, 9.17) is 0 Å². The van der Waals surface area contributed by atoms with Crippen molar-refractivity contribution in [2.45, 2.75) is 13.8 Å². The molecule has 0 aliphatic rings. The molecular weight excluding hydrogens is 242 g/mol. The lowest BCUT2D eigenvalue weighted by molar-refractivity contribution is 1.21. The molecule has 0 aliphatic carbocycles. The van der Waals surface area contributed by atoms with Crippen LogP contribution in [0, 0.1) is 13.8 Å². The lowest BCUT2D eigenvalue weighted by Gasteiger charge is -2.22. The Hall–Kier alpha value is -2.28. The molecule has 0 saturated heterocycles. The topological polar surface area (TPSA) is 3.24 Å². The summed E-state index contributed by atoms with van der Waals surface area (Å²) in [4.78, 5) is 2.25. The summed E-state index contributed by atoms with van der Waals surface area (Å²) in [5, 5.41) is 2.62. The zero-order valence-corrected chi connectivity index (χ0v) is 12.2. The molecule has 0 radical (unpaired) electrons. The van der Waals surface area contributed by atoms with Gasteiger partial charge in [-0.15, -0.1) is 0 Å². The summed E-state index contributed by atoms with van der Waals surface area (Å²) in [5.41, 5.74) is 5.07. The van der Waals surface area contributed by atoms with Crippen molar-refractivity contribution in [1.29, 1.82) is 0 Å². The molecule has 0 atom stereocenters. The molecule has 3 rings (SSSR count). The average Bonchev–Trinajstić information content (AvgIpc) is 2.48. The van der Waals surface area contributed by atoms with Crippen LogP contribution in [0.4, 0.5) is 11.4 Å². The molecule has 0 bridgehead atoms. The molecule has 0 N–H and O–H groups in total. The van der Waals surface area contributed by atoms with Gasteiger partial charge >= 0.3 is 0 Å². The molecule has 1 heteroatoms. The van der Waals surface area contributed by atoms with Gasteiger partial charge in [0.15, 0.2) is 0 Å². The summed E-state index contributed by atoms with van der Waals surface area (Å²) < 4.78 is 0. The van der Waals surface area contributed by atoms with E-state index in [1.54, 1.807) is 0 Å². The van der Waals surface area contributed by atoms with Crippen molar-refractivity contribution < 1.29 is 0 Å². The third-order valence-corrected chi connectivity index (χ3v) is 3.90. The van der Waals surface area contributed by atoms with E-state index < -0.39 is 0 Å². The molecule has 0 spiro atoms. The monoisotopic (exact) mass is 261 g/mol. The molecule has 0 aromatic heterocycles. The molecule has 0 amide bonds. The highest BCUT2D eigenvalue weighted by Gasteiger charge is 2.08. The second-order valence-corrected chi connectivity index (χ2v) is 5.34. The number of hydrogen-bond acceptors (Lipinski definition) is 1. The molecule has 20 heavy (non-hydrogen) atoms. The number of hydrogen-bond donors (Lipinski definition) is 0. The van der Waals surface area contributed by atoms with Crippen molar-refractivity contribution in [2.24, 2.45) is 0 Å². The van der Waals surface area contributed by atoms with Gasteiger partial charge in [-0.05, 0) is 43.0 Å². The van der Waals surface area contributed by atoms with Crippen LogP contribution in [0.1, 0.15) is 11.1 Å². The Morgan fingerprint density at radius 3 is 2.05 bits per heavy atom. The maximum Gasteiger partial charge on any atom is 0.0487 e. The summed E-state index contributed by atoms with van der Waals surface area (Å²) in [5.74, 6) is 0. The first kappa shape index (κ1) is 12.7. The molecule has 3 aromatic rings. The van der Waals surface area contributed by atoms with E-state index in [1.165, 1.54) is 33.3 Å². The number of rotatable bonds is 2. The van der Waals surface area contributed by atoms with Crippen LogP contribution < -0.4 is 4.90 Å². The molecule has 0 fully saturated rings. The maximum absolute atomic E-state index is 2.25. The minimum absolute atomic E-state index is 1.21. The molecule has 0 saturated carbocycles. The summed E-state index contributed by atoms with van der Waals surface area (Å²) in [7, 11) is 2.13. The van der Waals surface area contributed by atoms with Crippen molar-refractivity contribution >= 4 is 22.1 Å². The second kappa shape index (κ2) is 5.01. The van der Waals surface area contributed by atoms with E-state index >= 15 is 0 Å². The fourth-order valence-corrected chi connectivity index (χ4v) is 2.63. The van der Waals surface area contributed by atoms with Crippen molar-refractivity contribution in [3.8, 4) is 0 Å². The van der Waals surface area contributed by atoms with Crippen molar-refractivity contribution in [2.75, 3.05) is 11.9 Å². The third kappa shape index (κ3) is 2.16. The first-order valence-corrected chi connectivity index (χ1v) is 6.95. The first-order valence-electron chi connectivity index (χ1n) is 6.95. The van der Waals surface area contributed by atoms with E-state index in [0.29, 0.717) is 0 Å². The largest absolute Gasteiger partial charge is 0.344 e. The molecule has 0 heterocycles. The number of anilines is 2. The quantitative estimate of drug-likeness (QED) is 0.611. The number of aryl methyl sites for hydroxylation is 2. The van der Waals surface area contributed by atoms with E-state index in [1.807, 2.05) is 0 Å². The van der Waals surface area contributed by atoms with Gasteiger partial charge in [0, 0.05) is 23.8 Å². The number of benzene rings is 3. The van der Waals surface area contributed by atoms with Gasteiger partial charge in [-0.2, -0.15) is 0 Å². The predicted molar refractivity (Wildman–Crippen MR) is 87.9 cm³/mol. The molecule has 100 valence electrons. The minimum atomic E-state index is 1.21. The minimum Gasteiger partial charge on any atom is -0.344 e. The van der Waals surface area contributed by atoms with Gasteiger partial charge in [0.2, 0.25) is 0 Å². The van der Waals surface area contributed by atoms with E-state index in [-0.39, 0.29) is 0 Å². The van der Waals surface area contributed by atoms with E-state index in [2.05, 4.69) is 86.5 Å². The highest BCUT2D eigenvalue weighted by molar-refractivity contribution is 5.97. The Morgan fingerprint density at radius 2 is 1.35 bits per heavy atom. The third-order valence-electron chi connectivity index (χ3n) is 3.90. The van der Waals surface area contributed by atoms with Gasteiger partial charge < -0.3 is 4.90 Å². The fourth-order valence-electron chi connectivity index (χ4n) is 2.63. The van der Waals surface area contributed by atoms with Crippen molar-refractivity contribution in [3.63, 3.8) is 0 Å². The Kier molecular flexibility index (Phi) is 3.19. The van der Waals surface area contributed by atoms with Gasteiger partial charge in [-0.3, -0.25) is 0 Å². The van der Waals surface area contributed by atoms with Gasteiger partial charge in [-0.25, -0.2) is 0 Å². The van der Waals surface area contributed by atoms with Crippen LogP contribution >= 0.6 is 0 Å². The standard InChI is InChI=1S/C19H19N/c1-14-8-11-16(12-9-14)20(3)19-13-10-15(2)17-6-4-5-7-18(17)19/h4-13H,1-3H3. The highest BCUT2D eigenvalue weighted by Crippen LogP contribution is 2.32. The predicted octanol–water partition coefficient (Wildman–Crippen LogP) is 5.22. The van der Waals surface area contributed by atoms with Crippen LogP contribution in [-0.4, -0.2) is 7.05 Å². The summed E-state index contributed by atoms with van der Waals surface area (Å²) >= 11 is 0. The summed E-state index contributed by atoms with van der Waals surface area (Å²) in [6.07, 6.45) is 0. The smallest absolute Gasteiger partial charge is 0.0487 e. The summed E-state index contributed by atoms with van der Waals surface area (Å²) in [6.45, 7) is 4.28. The van der Waals surface area contributed by atoms with Crippen LogP contribution in [0.2, 0.25) is 0 Å². The SMILES string of the molecule is Cc1ccc(N(C)c2ccc(C)c3ccccc23)cc1. The van der Waals surface area contributed by atoms with Crippen LogP contribution in [-0.2, 0) is 0 Å². The van der Waals surface area contributed by atoms with Crippen LogP contribution in [0.5, 0.6) is 0 Å². The van der Waals surface area contributed by atoms with Gasteiger partial charge in [0.05, 0.1) is 0 Å². The summed E-state index contributed by atoms with van der Waals surface area (Å²) in [6, 6.07) is 21.6. The maximum atomic E-state index is 2.25. The molecule has 0 aliphatic heterocycles. The van der Waals surface area contributed by atoms with Gasteiger partial charge in [0.25, 0.3) is 0 Å². The van der Waals surface area contributed by atoms with E-state index in [0.717, 1.165) is 0 Å². The fraction of sp³-hybridized carbons (Fsp3) is 0.158. The molecule has 1 nitrogen and oxygen atoms in total. The Balaban J connectivity index is 2.14. The van der Waals surface area contributed by atoms with E-state index in [9.17, 15) is 0 Å².